The molecule has 0 aromatic heterocycles. The van der Waals surface area contributed by atoms with Gasteiger partial charge in [0.25, 0.3) is 11.1 Å². The van der Waals surface area contributed by atoms with Crippen molar-refractivity contribution in [3.8, 4) is 23.0 Å². The SMILES string of the molecule is COC(=O)/C(=C\c1cc(OC)cc(OC)c1)c1ccc(Oc2ccc(C=C3SC(=O)NC3=O)cc2)cc1. The van der Waals surface area contributed by atoms with E-state index in [0.717, 1.165) is 17.3 Å². The first-order chi connectivity index (χ1) is 17.9. The van der Waals surface area contributed by atoms with Crippen molar-refractivity contribution in [1.82, 2.24) is 5.32 Å². The van der Waals surface area contributed by atoms with Crippen molar-refractivity contribution in [1.29, 1.82) is 0 Å². The van der Waals surface area contributed by atoms with Crippen LogP contribution in [0.25, 0.3) is 17.7 Å². The molecule has 37 heavy (non-hydrogen) atoms. The van der Waals surface area contributed by atoms with Crippen LogP contribution in [0.2, 0.25) is 0 Å². The zero-order chi connectivity index (χ0) is 26.4. The quantitative estimate of drug-likeness (QED) is 0.236. The first-order valence-electron chi connectivity index (χ1n) is 11.0. The normalized spacial score (nSPS) is 14.4. The highest BCUT2D eigenvalue weighted by Crippen LogP contribution is 2.30. The summed E-state index contributed by atoms with van der Waals surface area (Å²) >= 11 is 0.867. The first-order valence-corrected chi connectivity index (χ1v) is 11.9. The molecular weight excluding hydrogens is 494 g/mol. The summed E-state index contributed by atoms with van der Waals surface area (Å²) in [4.78, 5) is 35.9. The molecule has 0 aliphatic carbocycles. The zero-order valence-corrected chi connectivity index (χ0v) is 21.1. The van der Waals surface area contributed by atoms with Crippen molar-refractivity contribution >= 4 is 46.6 Å². The van der Waals surface area contributed by atoms with Crippen molar-refractivity contribution in [3.05, 3.63) is 88.3 Å². The van der Waals surface area contributed by atoms with Crippen LogP contribution in [0.5, 0.6) is 23.0 Å². The van der Waals surface area contributed by atoms with Crippen molar-refractivity contribution in [3.63, 3.8) is 0 Å². The van der Waals surface area contributed by atoms with E-state index >= 15 is 0 Å². The minimum absolute atomic E-state index is 0.344. The second-order valence-electron chi connectivity index (χ2n) is 7.74. The van der Waals surface area contributed by atoms with Gasteiger partial charge in [-0.2, -0.15) is 0 Å². The van der Waals surface area contributed by atoms with Crippen molar-refractivity contribution in [2.24, 2.45) is 0 Å². The number of methoxy groups -OCH3 is 3. The second-order valence-corrected chi connectivity index (χ2v) is 8.76. The average Bonchev–Trinajstić information content (AvgIpc) is 3.24. The molecule has 3 aromatic rings. The molecule has 1 aliphatic rings. The fraction of sp³-hybridized carbons (Fsp3) is 0.107. The van der Waals surface area contributed by atoms with Gasteiger partial charge in [-0.05, 0) is 77.0 Å². The minimum Gasteiger partial charge on any atom is -0.497 e. The molecule has 4 rings (SSSR count). The summed E-state index contributed by atoms with van der Waals surface area (Å²) in [7, 11) is 4.44. The van der Waals surface area contributed by atoms with Gasteiger partial charge in [0.2, 0.25) is 0 Å². The van der Waals surface area contributed by atoms with Gasteiger partial charge in [-0.1, -0.05) is 24.3 Å². The standard InChI is InChI=1S/C28H23NO7S/c1-33-22-12-18(13-23(16-22)34-2)14-24(27(31)35-3)19-6-10-21(11-7-19)36-20-8-4-17(5-9-20)15-25-26(30)29-28(32)37-25/h4-16H,1-3H3,(H,29,30,32)/b24-14-,25-15?. The Morgan fingerprint density at radius 2 is 1.38 bits per heavy atom. The lowest BCUT2D eigenvalue weighted by atomic mass is 10.0. The number of amides is 2. The molecule has 1 N–H and O–H groups in total. The Morgan fingerprint density at radius 1 is 0.784 bits per heavy atom. The van der Waals surface area contributed by atoms with Crippen molar-refractivity contribution in [2.45, 2.75) is 0 Å². The molecule has 1 saturated heterocycles. The number of carbonyl (C=O) groups excluding carboxylic acids is 3. The summed E-state index contributed by atoms with van der Waals surface area (Å²) in [5, 5.41) is 1.84. The van der Waals surface area contributed by atoms with Crippen LogP contribution in [0.15, 0.2) is 71.6 Å². The molecular formula is C28H23NO7S. The van der Waals surface area contributed by atoms with E-state index in [0.29, 0.717) is 44.6 Å². The molecule has 3 aromatic carbocycles. The number of carbonyl (C=O) groups is 3. The van der Waals surface area contributed by atoms with E-state index in [2.05, 4.69) is 5.32 Å². The number of nitrogens with one attached hydrogen (secondary N) is 1. The van der Waals surface area contributed by atoms with Gasteiger partial charge in [-0.3, -0.25) is 14.9 Å². The van der Waals surface area contributed by atoms with Gasteiger partial charge in [-0.15, -0.1) is 0 Å². The number of rotatable bonds is 8. The maximum Gasteiger partial charge on any atom is 0.338 e. The van der Waals surface area contributed by atoms with Gasteiger partial charge in [0, 0.05) is 6.07 Å². The van der Waals surface area contributed by atoms with Crippen LogP contribution in [0.3, 0.4) is 0 Å². The maximum atomic E-state index is 12.6. The molecule has 8 nitrogen and oxygen atoms in total. The van der Waals surface area contributed by atoms with Gasteiger partial charge >= 0.3 is 5.97 Å². The third-order valence-electron chi connectivity index (χ3n) is 5.31. The monoisotopic (exact) mass is 517 g/mol. The van der Waals surface area contributed by atoms with E-state index in [9.17, 15) is 14.4 Å². The molecule has 0 bridgehead atoms. The maximum absolute atomic E-state index is 12.6. The Labute approximate surface area is 217 Å². The molecule has 0 spiro atoms. The molecule has 9 heteroatoms. The Hall–Kier alpha value is -4.50. The summed E-state index contributed by atoms with van der Waals surface area (Å²) in [6.45, 7) is 0. The van der Waals surface area contributed by atoms with E-state index in [-0.39, 0.29) is 5.24 Å². The first kappa shape index (κ1) is 25.6. The van der Waals surface area contributed by atoms with E-state index < -0.39 is 11.9 Å². The molecule has 1 heterocycles. The second kappa shape index (κ2) is 11.5. The average molecular weight is 518 g/mol. The number of ether oxygens (including phenoxy) is 4. The van der Waals surface area contributed by atoms with Crippen LogP contribution in [-0.2, 0) is 14.3 Å². The van der Waals surface area contributed by atoms with Crippen LogP contribution < -0.4 is 19.5 Å². The van der Waals surface area contributed by atoms with E-state index in [4.69, 9.17) is 18.9 Å². The summed E-state index contributed by atoms with van der Waals surface area (Å²) in [5.74, 6) is 1.46. The van der Waals surface area contributed by atoms with Gasteiger partial charge in [-0.25, -0.2) is 4.79 Å². The lowest BCUT2D eigenvalue weighted by molar-refractivity contribution is -0.133. The molecule has 0 unspecified atom stereocenters. The van der Waals surface area contributed by atoms with Crippen LogP contribution in [-0.4, -0.2) is 38.4 Å². The van der Waals surface area contributed by atoms with Crippen molar-refractivity contribution in [2.75, 3.05) is 21.3 Å². The number of hydrogen-bond donors (Lipinski definition) is 1. The highest BCUT2D eigenvalue weighted by atomic mass is 32.2. The number of imide groups is 1. The smallest absolute Gasteiger partial charge is 0.338 e. The molecule has 2 amide bonds. The van der Waals surface area contributed by atoms with Crippen LogP contribution in [0.1, 0.15) is 16.7 Å². The molecule has 1 aliphatic heterocycles. The number of hydrogen-bond acceptors (Lipinski definition) is 8. The Bertz CT molecular complexity index is 1370. The van der Waals surface area contributed by atoms with Crippen molar-refractivity contribution < 1.29 is 33.3 Å². The lowest BCUT2D eigenvalue weighted by Crippen LogP contribution is -2.17. The highest BCUT2D eigenvalue weighted by Gasteiger charge is 2.24. The predicted molar refractivity (Wildman–Crippen MR) is 141 cm³/mol. The minimum atomic E-state index is -0.490. The molecule has 1 fully saturated rings. The molecule has 0 saturated carbocycles. The number of thioether (sulfide) groups is 1. The van der Waals surface area contributed by atoms with E-state index in [1.807, 2.05) is 0 Å². The predicted octanol–water partition coefficient (Wildman–Crippen LogP) is 5.53. The van der Waals surface area contributed by atoms with Gasteiger partial charge < -0.3 is 18.9 Å². The summed E-state index contributed by atoms with van der Waals surface area (Å²) < 4.78 is 21.5. The summed E-state index contributed by atoms with van der Waals surface area (Å²) in [6, 6.07) is 19.4. The van der Waals surface area contributed by atoms with Crippen LogP contribution >= 0.6 is 11.8 Å². The van der Waals surface area contributed by atoms with Crippen LogP contribution in [0, 0.1) is 0 Å². The number of benzene rings is 3. The fourth-order valence-corrected chi connectivity index (χ4v) is 4.17. The summed E-state index contributed by atoms with van der Waals surface area (Å²) in [6.07, 6.45) is 3.35. The van der Waals surface area contributed by atoms with Gasteiger partial charge in [0.15, 0.2) is 0 Å². The van der Waals surface area contributed by atoms with E-state index in [1.165, 1.54) is 7.11 Å². The Kier molecular flexibility index (Phi) is 7.95. The molecule has 0 atom stereocenters. The lowest BCUT2D eigenvalue weighted by Gasteiger charge is -2.10. The fourth-order valence-electron chi connectivity index (χ4n) is 3.49. The van der Waals surface area contributed by atoms with Gasteiger partial charge in [0.05, 0.1) is 31.8 Å². The Balaban J connectivity index is 1.52. The van der Waals surface area contributed by atoms with E-state index in [1.54, 1.807) is 93.1 Å². The van der Waals surface area contributed by atoms with Crippen LogP contribution in [0.4, 0.5) is 4.79 Å². The molecule has 188 valence electrons. The highest BCUT2D eigenvalue weighted by molar-refractivity contribution is 8.18. The number of esters is 1. The zero-order valence-electron chi connectivity index (χ0n) is 20.3. The largest absolute Gasteiger partial charge is 0.497 e. The third kappa shape index (κ3) is 6.39. The summed E-state index contributed by atoms with van der Waals surface area (Å²) in [5.41, 5.74) is 2.47. The Morgan fingerprint density at radius 3 is 1.89 bits per heavy atom. The topological polar surface area (TPSA) is 100 Å². The van der Waals surface area contributed by atoms with Gasteiger partial charge in [0.1, 0.15) is 23.0 Å². The third-order valence-corrected chi connectivity index (χ3v) is 6.12. The molecule has 0 radical (unpaired) electrons.